The first-order valence-electron chi connectivity index (χ1n) is 7.43. The van der Waals surface area contributed by atoms with E-state index >= 15 is 0 Å². The second kappa shape index (κ2) is 7.61. The van der Waals surface area contributed by atoms with Gasteiger partial charge in [0.15, 0.2) is 0 Å². The molecule has 3 aromatic rings. The number of carbonyl (C=O) groups is 1. The van der Waals surface area contributed by atoms with E-state index in [1.54, 1.807) is 6.07 Å². The lowest BCUT2D eigenvalue weighted by Gasteiger charge is -2.07. The Bertz CT molecular complexity index is 1050. The van der Waals surface area contributed by atoms with Gasteiger partial charge in [0.25, 0.3) is 5.91 Å². The smallest absolute Gasteiger partial charge is 0.272 e. The fraction of sp³-hybridized carbons (Fsp3) is 0.0556. The van der Waals surface area contributed by atoms with Crippen molar-refractivity contribution in [2.24, 2.45) is 5.10 Å². The van der Waals surface area contributed by atoms with Crippen molar-refractivity contribution >= 4 is 62.2 Å². The number of hydrogen-bond donors (Lipinski definition) is 2. The molecule has 0 radical (unpaired) electrons. The molecule has 26 heavy (non-hydrogen) atoms. The van der Waals surface area contributed by atoms with Gasteiger partial charge in [0.05, 0.1) is 22.3 Å². The summed E-state index contributed by atoms with van der Waals surface area (Å²) in [6, 6.07) is 10.1. The number of carbonyl (C=O) groups excluding carboxylic acids is 1. The fourth-order valence-electron chi connectivity index (χ4n) is 2.42. The van der Waals surface area contributed by atoms with E-state index in [2.05, 4.69) is 31.4 Å². The minimum atomic E-state index is -0.400. The van der Waals surface area contributed by atoms with Crippen LogP contribution in [0.5, 0.6) is 5.75 Å². The van der Waals surface area contributed by atoms with Crippen molar-refractivity contribution in [2.75, 3.05) is 0 Å². The number of nitrogens with one attached hydrogen (secondary N) is 1. The Labute approximate surface area is 167 Å². The third kappa shape index (κ3) is 3.98. The van der Waals surface area contributed by atoms with Crippen LogP contribution in [0.2, 0.25) is 10.0 Å². The topological polar surface area (TPSA) is 74.6 Å². The number of aromatic hydroxyl groups is 1. The summed E-state index contributed by atoms with van der Waals surface area (Å²) in [6.45, 7) is 1.81. The molecule has 1 heterocycles. The first-order valence-corrected chi connectivity index (χ1v) is 8.98. The Hall–Kier alpha value is -2.15. The largest absolute Gasteiger partial charge is 0.506 e. The molecule has 0 saturated carbocycles. The standard InChI is InChI=1S/C18H12BrCl2N3O2/c1-9-4-14(13-6-11(19)2-3-16(13)23-9)18(26)24-22-8-10-5-12(20)7-15(21)17(10)25/h2-8,25H,1H3,(H,24,26)/b22-8+. The lowest BCUT2D eigenvalue weighted by Crippen LogP contribution is -2.18. The third-order valence-electron chi connectivity index (χ3n) is 3.57. The van der Waals surface area contributed by atoms with Gasteiger partial charge in [0.1, 0.15) is 5.75 Å². The van der Waals surface area contributed by atoms with E-state index in [1.165, 1.54) is 18.3 Å². The Morgan fingerprint density at radius 3 is 2.81 bits per heavy atom. The van der Waals surface area contributed by atoms with Crippen molar-refractivity contribution in [1.82, 2.24) is 10.4 Å². The van der Waals surface area contributed by atoms with Crippen LogP contribution in [0.15, 0.2) is 46.0 Å². The molecule has 0 saturated heterocycles. The zero-order valence-corrected chi connectivity index (χ0v) is 16.5. The summed E-state index contributed by atoms with van der Waals surface area (Å²) in [5.74, 6) is -0.564. The van der Waals surface area contributed by atoms with E-state index in [0.717, 1.165) is 4.47 Å². The molecule has 0 atom stereocenters. The quantitative estimate of drug-likeness (QED) is 0.429. The molecule has 0 unspecified atom stereocenters. The maximum Gasteiger partial charge on any atom is 0.272 e. The lowest BCUT2D eigenvalue weighted by molar-refractivity contribution is 0.0956. The molecule has 132 valence electrons. The summed E-state index contributed by atoms with van der Waals surface area (Å²) < 4.78 is 0.840. The Morgan fingerprint density at radius 2 is 2.04 bits per heavy atom. The van der Waals surface area contributed by atoms with Gasteiger partial charge in [-0.3, -0.25) is 9.78 Å². The minimum absolute atomic E-state index is 0.103. The second-order valence-electron chi connectivity index (χ2n) is 5.50. The summed E-state index contributed by atoms with van der Waals surface area (Å²) in [5, 5.41) is 14.9. The summed E-state index contributed by atoms with van der Waals surface area (Å²) in [7, 11) is 0. The van der Waals surface area contributed by atoms with Crippen molar-refractivity contribution in [3.05, 3.63) is 67.7 Å². The molecule has 0 aliphatic rings. The molecule has 0 bridgehead atoms. The van der Waals surface area contributed by atoms with Gasteiger partial charge >= 0.3 is 0 Å². The molecular formula is C18H12BrCl2N3O2. The molecule has 5 nitrogen and oxygen atoms in total. The van der Waals surface area contributed by atoms with Crippen molar-refractivity contribution in [2.45, 2.75) is 6.92 Å². The molecule has 0 aliphatic carbocycles. The second-order valence-corrected chi connectivity index (χ2v) is 7.26. The molecule has 0 spiro atoms. The maximum absolute atomic E-state index is 12.5. The zero-order valence-electron chi connectivity index (χ0n) is 13.4. The summed E-state index contributed by atoms with van der Waals surface area (Å²) >= 11 is 15.2. The highest BCUT2D eigenvalue weighted by Crippen LogP contribution is 2.30. The average molecular weight is 453 g/mol. The number of phenols is 1. The summed E-state index contributed by atoms with van der Waals surface area (Å²) in [5.41, 5.74) is 4.60. The van der Waals surface area contributed by atoms with Crippen LogP contribution in [0.4, 0.5) is 0 Å². The number of aryl methyl sites for hydroxylation is 1. The number of rotatable bonds is 3. The molecule has 1 amide bonds. The maximum atomic E-state index is 12.5. The highest BCUT2D eigenvalue weighted by molar-refractivity contribution is 9.10. The molecule has 2 aromatic carbocycles. The van der Waals surface area contributed by atoms with E-state index in [0.29, 0.717) is 32.7 Å². The van der Waals surface area contributed by atoms with Gasteiger partial charge in [-0.1, -0.05) is 39.1 Å². The van der Waals surface area contributed by atoms with Gasteiger partial charge in [0.2, 0.25) is 0 Å². The number of hydrazone groups is 1. The number of nitrogens with zero attached hydrogens (tertiary/aromatic N) is 2. The van der Waals surface area contributed by atoms with Crippen LogP contribution in [-0.4, -0.2) is 22.2 Å². The number of hydrogen-bond acceptors (Lipinski definition) is 4. The molecule has 0 aliphatic heterocycles. The lowest BCUT2D eigenvalue weighted by atomic mass is 10.1. The Kier molecular flexibility index (Phi) is 5.46. The molecule has 2 N–H and O–H groups in total. The van der Waals surface area contributed by atoms with E-state index < -0.39 is 5.91 Å². The zero-order chi connectivity index (χ0) is 18.8. The monoisotopic (exact) mass is 451 g/mol. The van der Waals surface area contributed by atoms with Crippen LogP contribution in [-0.2, 0) is 0 Å². The van der Waals surface area contributed by atoms with Crippen LogP contribution in [0.3, 0.4) is 0 Å². The van der Waals surface area contributed by atoms with Crippen molar-refractivity contribution in [1.29, 1.82) is 0 Å². The third-order valence-corrected chi connectivity index (χ3v) is 4.57. The number of fused-ring (bicyclic) bond motifs is 1. The summed E-state index contributed by atoms with van der Waals surface area (Å²) in [6.07, 6.45) is 1.27. The van der Waals surface area contributed by atoms with Gasteiger partial charge in [-0.25, -0.2) is 5.43 Å². The number of halogens is 3. The van der Waals surface area contributed by atoms with Crippen molar-refractivity contribution in [3.8, 4) is 5.75 Å². The van der Waals surface area contributed by atoms with Gasteiger partial charge in [0, 0.05) is 26.1 Å². The van der Waals surface area contributed by atoms with Crippen LogP contribution < -0.4 is 5.43 Å². The first kappa shape index (κ1) is 18.6. The Balaban J connectivity index is 1.90. The number of pyridine rings is 1. The summed E-state index contributed by atoms with van der Waals surface area (Å²) in [4.78, 5) is 17.0. The highest BCUT2D eigenvalue weighted by atomic mass is 79.9. The fourth-order valence-corrected chi connectivity index (χ4v) is 3.29. The normalized spacial score (nSPS) is 11.2. The van der Waals surface area contributed by atoms with Crippen molar-refractivity contribution in [3.63, 3.8) is 0 Å². The molecule has 3 rings (SSSR count). The predicted molar refractivity (Wildman–Crippen MR) is 107 cm³/mol. The van der Waals surface area contributed by atoms with Crippen molar-refractivity contribution < 1.29 is 9.90 Å². The van der Waals surface area contributed by atoms with Gasteiger partial charge < -0.3 is 5.11 Å². The van der Waals surface area contributed by atoms with Crippen LogP contribution in [0.25, 0.3) is 10.9 Å². The SMILES string of the molecule is Cc1cc(C(=O)N/N=C/c2cc(Cl)cc(Cl)c2O)c2cc(Br)ccc2n1. The van der Waals surface area contributed by atoms with Crippen LogP contribution >= 0.6 is 39.1 Å². The van der Waals surface area contributed by atoms with E-state index in [4.69, 9.17) is 23.2 Å². The number of benzene rings is 2. The molecule has 8 heteroatoms. The minimum Gasteiger partial charge on any atom is -0.506 e. The highest BCUT2D eigenvalue weighted by Gasteiger charge is 2.12. The molecular weight excluding hydrogens is 441 g/mol. The predicted octanol–water partition coefficient (Wildman–Crippen LogP) is 5.08. The molecule has 0 fully saturated rings. The van der Waals surface area contributed by atoms with Gasteiger partial charge in [-0.2, -0.15) is 5.10 Å². The first-order chi connectivity index (χ1) is 12.3. The van der Waals surface area contributed by atoms with Gasteiger partial charge in [-0.15, -0.1) is 0 Å². The number of phenolic OH excluding ortho intramolecular Hbond substituents is 1. The van der Waals surface area contributed by atoms with E-state index in [9.17, 15) is 9.90 Å². The Morgan fingerprint density at radius 1 is 1.27 bits per heavy atom. The van der Waals surface area contributed by atoms with E-state index in [1.807, 2.05) is 25.1 Å². The average Bonchev–Trinajstić information content (AvgIpc) is 2.58. The van der Waals surface area contributed by atoms with Gasteiger partial charge in [-0.05, 0) is 43.3 Å². The van der Waals surface area contributed by atoms with Crippen LogP contribution in [0.1, 0.15) is 21.6 Å². The van der Waals surface area contributed by atoms with E-state index in [-0.39, 0.29) is 10.8 Å². The van der Waals surface area contributed by atoms with Crippen LogP contribution in [0, 0.1) is 6.92 Å². The number of aromatic nitrogens is 1. The number of amides is 1. The molecule has 1 aromatic heterocycles.